The number of benzene rings is 2. The molecule has 0 heterocycles. The highest BCUT2D eigenvalue weighted by Gasteiger charge is 2.15. The van der Waals surface area contributed by atoms with Gasteiger partial charge in [0.2, 0.25) is 0 Å². The highest BCUT2D eigenvalue weighted by molar-refractivity contribution is 5.76. The summed E-state index contributed by atoms with van der Waals surface area (Å²) in [7, 11) is 0. The molecule has 19 heavy (non-hydrogen) atoms. The van der Waals surface area contributed by atoms with Crippen LogP contribution in [-0.2, 0) is 12.8 Å². The van der Waals surface area contributed by atoms with Crippen LogP contribution in [0, 0.1) is 13.8 Å². The maximum absolute atomic E-state index is 6.05. The van der Waals surface area contributed by atoms with Gasteiger partial charge in [-0.2, -0.15) is 0 Å². The molecule has 1 nitrogen and oxygen atoms in total. The molecule has 0 saturated heterocycles. The lowest BCUT2D eigenvalue weighted by molar-refractivity contribution is 0.682. The molecule has 0 aliphatic heterocycles. The third-order valence-corrected chi connectivity index (χ3v) is 4.48. The van der Waals surface area contributed by atoms with Crippen molar-refractivity contribution in [3.05, 3.63) is 52.6 Å². The molecule has 1 aliphatic rings. The van der Waals surface area contributed by atoms with E-state index in [9.17, 15) is 0 Å². The minimum atomic E-state index is 0.884. The first kappa shape index (κ1) is 12.3. The van der Waals surface area contributed by atoms with Crippen LogP contribution in [0.5, 0.6) is 0 Å². The molecule has 0 spiro atoms. The summed E-state index contributed by atoms with van der Waals surface area (Å²) in [5.74, 6) is 0. The molecule has 1 aliphatic carbocycles. The second-order valence-corrected chi connectivity index (χ2v) is 5.60. The van der Waals surface area contributed by atoms with Gasteiger partial charge in [-0.3, -0.25) is 0 Å². The Bertz CT molecular complexity index is 626. The van der Waals surface area contributed by atoms with E-state index in [-0.39, 0.29) is 0 Å². The number of hydrogen-bond acceptors (Lipinski definition) is 1. The van der Waals surface area contributed by atoms with Crippen molar-refractivity contribution in [1.82, 2.24) is 0 Å². The molecule has 0 unspecified atom stereocenters. The monoisotopic (exact) mass is 251 g/mol. The summed E-state index contributed by atoms with van der Waals surface area (Å²) >= 11 is 0. The van der Waals surface area contributed by atoms with Crippen molar-refractivity contribution in [2.45, 2.75) is 39.5 Å². The first-order valence-corrected chi connectivity index (χ1v) is 7.15. The molecule has 0 saturated carbocycles. The van der Waals surface area contributed by atoms with Crippen LogP contribution < -0.4 is 5.73 Å². The summed E-state index contributed by atoms with van der Waals surface area (Å²) in [4.78, 5) is 0. The van der Waals surface area contributed by atoms with E-state index in [1.54, 1.807) is 11.1 Å². The fourth-order valence-electron chi connectivity index (χ4n) is 3.25. The molecule has 0 bridgehead atoms. The van der Waals surface area contributed by atoms with Gasteiger partial charge in [0, 0.05) is 5.69 Å². The first-order valence-electron chi connectivity index (χ1n) is 7.15. The van der Waals surface area contributed by atoms with Gasteiger partial charge in [0.25, 0.3) is 0 Å². The number of nitrogens with two attached hydrogens (primary N) is 1. The van der Waals surface area contributed by atoms with Crippen LogP contribution in [-0.4, -0.2) is 0 Å². The Balaban J connectivity index is 2.18. The van der Waals surface area contributed by atoms with Crippen LogP contribution in [0.1, 0.15) is 35.1 Å². The van der Waals surface area contributed by atoms with Crippen molar-refractivity contribution in [1.29, 1.82) is 0 Å². The number of anilines is 1. The van der Waals surface area contributed by atoms with Crippen LogP contribution >= 0.6 is 0 Å². The Morgan fingerprint density at radius 3 is 2.42 bits per heavy atom. The van der Waals surface area contributed by atoms with Gasteiger partial charge in [0.05, 0.1) is 0 Å². The standard InChI is InChI=1S/C18H21N/c1-12-15-7-4-3-6-14(15)10-11-17(12)16-8-5-9-18(19)13(16)2/h5,8-11H,3-4,6-7,19H2,1-2H3. The number of aryl methyl sites for hydroxylation is 1. The Hall–Kier alpha value is -1.76. The van der Waals surface area contributed by atoms with E-state index in [1.807, 2.05) is 6.07 Å². The van der Waals surface area contributed by atoms with Crippen LogP contribution in [0.4, 0.5) is 5.69 Å². The molecule has 0 fully saturated rings. The van der Waals surface area contributed by atoms with Crippen molar-refractivity contribution in [2.75, 3.05) is 5.73 Å². The largest absolute Gasteiger partial charge is 0.398 e. The Labute approximate surface area is 115 Å². The van der Waals surface area contributed by atoms with Crippen molar-refractivity contribution < 1.29 is 0 Å². The maximum Gasteiger partial charge on any atom is 0.0349 e. The third kappa shape index (κ3) is 2.03. The number of nitrogen functional groups attached to an aromatic ring is 1. The van der Waals surface area contributed by atoms with Gasteiger partial charge in [0.15, 0.2) is 0 Å². The van der Waals surface area contributed by atoms with Gasteiger partial charge in [0.1, 0.15) is 0 Å². The molecule has 0 amide bonds. The Morgan fingerprint density at radius 2 is 1.58 bits per heavy atom. The van der Waals surface area contributed by atoms with E-state index >= 15 is 0 Å². The van der Waals surface area contributed by atoms with Crippen molar-refractivity contribution in [3.63, 3.8) is 0 Å². The fourth-order valence-corrected chi connectivity index (χ4v) is 3.25. The molecule has 2 N–H and O–H groups in total. The van der Waals surface area contributed by atoms with Crippen LogP contribution in [0.3, 0.4) is 0 Å². The minimum absolute atomic E-state index is 0.884. The van der Waals surface area contributed by atoms with Gasteiger partial charge in [-0.15, -0.1) is 0 Å². The zero-order valence-corrected chi connectivity index (χ0v) is 11.8. The van der Waals surface area contributed by atoms with E-state index in [1.165, 1.54) is 47.9 Å². The predicted octanol–water partition coefficient (Wildman–Crippen LogP) is 4.43. The van der Waals surface area contributed by atoms with E-state index in [4.69, 9.17) is 5.73 Å². The van der Waals surface area contributed by atoms with Gasteiger partial charge in [-0.25, -0.2) is 0 Å². The zero-order chi connectivity index (χ0) is 13.4. The average Bonchev–Trinajstić information content (AvgIpc) is 2.43. The third-order valence-electron chi connectivity index (χ3n) is 4.48. The summed E-state index contributed by atoms with van der Waals surface area (Å²) in [6.07, 6.45) is 5.14. The van der Waals surface area contributed by atoms with Crippen LogP contribution in [0.25, 0.3) is 11.1 Å². The summed E-state index contributed by atoms with van der Waals surface area (Å²) in [6.45, 7) is 4.38. The quantitative estimate of drug-likeness (QED) is 0.745. The molecule has 2 aromatic carbocycles. The molecule has 0 radical (unpaired) electrons. The smallest absolute Gasteiger partial charge is 0.0349 e. The molecule has 3 rings (SSSR count). The van der Waals surface area contributed by atoms with Gasteiger partial charge >= 0.3 is 0 Å². The Kier molecular flexibility index (Phi) is 3.06. The van der Waals surface area contributed by atoms with E-state index in [2.05, 4.69) is 38.1 Å². The van der Waals surface area contributed by atoms with Crippen molar-refractivity contribution >= 4 is 5.69 Å². The van der Waals surface area contributed by atoms with E-state index in [0.29, 0.717) is 0 Å². The second-order valence-electron chi connectivity index (χ2n) is 5.60. The van der Waals surface area contributed by atoms with Gasteiger partial charge in [-0.05, 0) is 79.0 Å². The fraction of sp³-hybridized carbons (Fsp3) is 0.333. The number of hydrogen-bond donors (Lipinski definition) is 1. The lowest BCUT2D eigenvalue weighted by atomic mass is 9.84. The normalized spacial score (nSPS) is 14.2. The zero-order valence-electron chi connectivity index (χ0n) is 11.8. The summed E-state index contributed by atoms with van der Waals surface area (Å²) < 4.78 is 0. The molecule has 0 atom stereocenters. The highest BCUT2D eigenvalue weighted by Crippen LogP contribution is 2.34. The summed E-state index contributed by atoms with van der Waals surface area (Å²) in [6, 6.07) is 10.8. The minimum Gasteiger partial charge on any atom is -0.398 e. The molecule has 98 valence electrons. The molecule has 1 heteroatoms. The number of rotatable bonds is 1. The van der Waals surface area contributed by atoms with Crippen molar-refractivity contribution in [3.8, 4) is 11.1 Å². The topological polar surface area (TPSA) is 26.0 Å². The summed E-state index contributed by atoms with van der Waals surface area (Å²) in [5, 5.41) is 0. The Morgan fingerprint density at radius 1 is 0.842 bits per heavy atom. The second kappa shape index (κ2) is 4.73. The SMILES string of the molecule is Cc1c(N)cccc1-c1ccc2c(c1C)CCCC2. The van der Waals surface area contributed by atoms with E-state index < -0.39 is 0 Å². The van der Waals surface area contributed by atoms with Gasteiger partial charge < -0.3 is 5.73 Å². The van der Waals surface area contributed by atoms with Crippen LogP contribution in [0.15, 0.2) is 30.3 Å². The van der Waals surface area contributed by atoms with E-state index in [0.717, 1.165) is 5.69 Å². The predicted molar refractivity (Wildman–Crippen MR) is 82.4 cm³/mol. The lowest BCUT2D eigenvalue weighted by Crippen LogP contribution is -2.06. The molecule has 2 aromatic rings. The van der Waals surface area contributed by atoms with Gasteiger partial charge in [-0.1, -0.05) is 24.3 Å². The molecular weight excluding hydrogens is 230 g/mol. The molecular formula is C18H21N. The first-order chi connectivity index (χ1) is 9.18. The maximum atomic E-state index is 6.05. The highest BCUT2D eigenvalue weighted by atomic mass is 14.6. The number of fused-ring (bicyclic) bond motifs is 1. The average molecular weight is 251 g/mol. The summed E-state index contributed by atoms with van der Waals surface area (Å²) in [5.41, 5.74) is 15.3. The molecule has 0 aromatic heterocycles. The van der Waals surface area contributed by atoms with Crippen LogP contribution in [0.2, 0.25) is 0 Å². The lowest BCUT2D eigenvalue weighted by Gasteiger charge is -2.21. The van der Waals surface area contributed by atoms with Crippen molar-refractivity contribution in [2.24, 2.45) is 0 Å².